The maximum absolute atomic E-state index is 10.6. The van der Waals surface area contributed by atoms with Crippen molar-refractivity contribution in [1.29, 1.82) is 0 Å². The fraction of sp³-hybridized carbons (Fsp3) is 0.480. The number of alkyl halides is 6. The van der Waals surface area contributed by atoms with Gasteiger partial charge in [0.15, 0.2) is 0 Å². The number of pyridine rings is 1. The van der Waals surface area contributed by atoms with Crippen LogP contribution in [0.2, 0.25) is 0 Å². The highest BCUT2D eigenvalue weighted by Gasteiger charge is 2.41. The van der Waals surface area contributed by atoms with E-state index in [2.05, 4.69) is 33.0 Å². The lowest BCUT2D eigenvalue weighted by molar-refractivity contribution is -0.193. The second-order valence-electron chi connectivity index (χ2n) is 8.93. The number of morpholine rings is 1. The lowest BCUT2D eigenvalue weighted by Crippen LogP contribution is -2.59. The highest BCUT2D eigenvalue weighted by atomic mass is 19.4. The normalized spacial score (nSPS) is 19.5. The van der Waals surface area contributed by atoms with E-state index in [1.54, 1.807) is 7.11 Å². The number of ether oxygens (including phenoxy) is 2. The van der Waals surface area contributed by atoms with Crippen LogP contribution in [0.4, 0.5) is 32.0 Å². The second-order valence-corrected chi connectivity index (χ2v) is 8.93. The summed E-state index contributed by atoms with van der Waals surface area (Å²) < 4.78 is 75.1. The van der Waals surface area contributed by atoms with Gasteiger partial charge in [-0.25, -0.2) is 9.59 Å². The van der Waals surface area contributed by atoms with Crippen molar-refractivity contribution in [2.75, 3.05) is 44.8 Å². The molecule has 2 aromatic rings. The van der Waals surface area contributed by atoms with Gasteiger partial charge in [-0.2, -0.15) is 26.3 Å². The number of benzene rings is 1. The molecule has 15 heteroatoms. The summed E-state index contributed by atoms with van der Waals surface area (Å²) in [5.74, 6) is -4.61. The molecule has 0 radical (unpaired) electrons. The minimum atomic E-state index is -5.08. The van der Waals surface area contributed by atoms with Crippen LogP contribution in [0.15, 0.2) is 48.8 Å². The van der Waals surface area contributed by atoms with Crippen molar-refractivity contribution in [2.24, 2.45) is 0 Å². The van der Waals surface area contributed by atoms with Crippen molar-refractivity contribution in [3.8, 4) is 5.75 Å². The lowest BCUT2D eigenvalue weighted by Gasteiger charge is -2.48. The zero-order valence-electron chi connectivity index (χ0n) is 21.4. The van der Waals surface area contributed by atoms with E-state index in [1.165, 1.54) is 11.3 Å². The van der Waals surface area contributed by atoms with Gasteiger partial charge in [0.25, 0.3) is 0 Å². The molecule has 40 heavy (non-hydrogen) atoms. The highest BCUT2D eigenvalue weighted by Crippen LogP contribution is 2.32. The molecule has 1 aromatic carbocycles. The fourth-order valence-electron chi connectivity index (χ4n) is 4.15. The van der Waals surface area contributed by atoms with Gasteiger partial charge < -0.3 is 24.6 Å². The molecule has 2 saturated heterocycles. The van der Waals surface area contributed by atoms with Crippen LogP contribution in [0.5, 0.6) is 5.75 Å². The van der Waals surface area contributed by atoms with Crippen LogP contribution in [-0.2, 0) is 20.9 Å². The molecule has 9 nitrogen and oxygen atoms in total. The first-order valence-electron chi connectivity index (χ1n) is 11.9. The molecule has 2 aliphatic heterocycles. The number of halogens is 6. The maximum Gasteiger partial charge on any atom is 0.490 e. The number of carboxylic acid groups (broad SMARTS) is 2. The largest absolute Gasteiger partial charge is 0.497 e. The second kappa shape index (κ2) is 14.2. The number of hydrogen-bond donors (Lipinski definition) is 2. The predicted molar refractivity (Wildman–Crippen MR) is 130 cm³/mol. The molecule has 1 aromatic heterocycles. The van der Waals surface area contributed by atoms with E-state index in [0.29, 0.717) is 0 Å². The number of rotatable bonds is 4. The molecular formula is C25H29F6N3O6. The van der Waals surface area contributed by atoms with Gasteiger partial charge in [-0.1, -0.05) is 12.1 Å². The van der Waals surface area contributed by atoms with Gasteiger partial charge in [-0.3, -0.25) is 9.88 Å². The number of carboxylic acids is 2. The molecule has 1 atom stereocenters. The van der Waals surface area contributed by atoms with Crippen LogP contribution in [0, 0.1) is 0 Å². The number of methoxy groups -OCH3 is 1. The summed E-state index contributed by atoms with van der Waals surface area (Å²) in [7, 11) is 1.71. The van der Waals surface area contributed by atoms with E-state index in [4.69, 9.17) is 29.3 Å². The SMILES string of the molecule is COc1ccc(CN2CCOC3(CCCN(c4cccnc4)C3)C2)cc1.O=C(O)C(F)(F)F.O=C(O)C(F)(F)F. The van der Waals surface area contributed by atoms with Crippen LogP contribution >= 0.6 is 0 Å². The Morgan fingerprint density at radius 2 is 1.60 bits per heavy atom. The van der Waals surface area contributed by atoms with E-state index in [9.17, 15) is 26.3 Å². The third-order valence-corrected chi connectivity index (χ3v) is 5.93. The molecule has 0 amide bonds. The molecule has 1 spiro atoms. The number of nitrogens with zero attached hydrogens (tertiary/aromatic N) is 3. The number of aromatic nitrogens is 1. The number of piperidine rings is 1. The Morgan fingerprint density at radius 3 is 2.10 bits per heavy atom. The first-order valence-corrected chi connectivity index (χ1v) is 11.9. The Bertz CT molecular complexity index is 1060. The minimum Gasteiger partial charge on any atom is -0.497 e. The van der Waals surface area contributed by atoms with Crippen LogP contribution < -0.4 is 9.64 Å². The first kappa shape index (κ1) is 32.6. The molecule has 222 valence electrons. The van der Waals surface area contributed by atoms with Crippen LogP contribution in [0.1, 0.15) is 18.4 Å². The first-order chi connectivity index (χ1) is 18.6. The minimum absolute atomic E-state index is 0.0706. The molecule has 2 aliphatic rings. The summed E-state index contributed by atoms with van der Waals surface area (Å²) in [6.45, 7) is 5.75. The topological polar surface area (TPSA) is 112 Å². The highest BCUT2D eigenvalue weighted by molar-refractivity contribution is 5.73. The molecule has 0 bridgehead atoms. The molecule has 0 aliphatic carbocycles. The molecule has 0 saturated carbocycles. The van der Waals surface area contributed by atoms with E-state index in [0.717, 1.165) is 57.9 Å². The third kappa shape index (κ3) is 10.5. The van der Waals surface area contributed by atoms with E-state index >= 15 is 0 Å². The van der Waals surface area contributed by atoms with Crippen LogP contribution in [0.3, 0.4) is 0 Å². The van der Waals surface area contributed by atoms with Crippen molar-refractivity contribution in [3.63, 3.8) is 0 Å². The predicted octanol–water partition coefficient (Wildman–Crippen LogP) is 4.23. The third-order valence-electron chi connectivity index (χ3n) is 5.93. The van der Waals surface area contributed by atoms with Crippen molar-refractivity contribution in [2.45, 2.75) is 37.3 Å². The van der Waals surface area contributed by atoms with E-state index in [-0.39, 0.29) is 5.60 Å². The molecular weight excluding hydrogens is 552 g/mol. The van der Waals surface area contributed by atoms with Crippen LogP contribution in [-0.4, -0.2) is 89.9 Å². The Kier molecular flexibility index (Phi) is 11.5. The number of carbonyl (C=O) groups is 2. The van der Waals surface area contributed by atoms with Crippen molar-refractivity contribution < 1.29 is 55.6 Å². The van der Waals surface area contributed by atoms with Crippen LogP contribution in [0.25, 0.3) is 0 Å². The van der Waals surface area contributed by atoms with E-state index < -0.39 is 24.3 Å². The Balaban J connectivity index is 0.000000333. The van der Waals surface area contributed by atoms with Gasteiger partial charge in [0.1, 0.15) is 5.75 Å². The van der Waals surface area contributed by atoms with Gasteiger partial charge in [0, 0.05) is 38.9 Å². The number of anilines is 1. The molecule has 2 N–H and O–H groups in total. The lowest BCUT2D eigenvalue weighted by atomic mass is 9.90. The molecule has 4 rings (SSSR count). The summed E-state index contributed by atoms with van der Waals surface area (Å²) in [6.07, 6.45) is -4.10. The summed E-state index contributed by atoms with van der Waals surface area (Å²) in [4.78, 5) is 27.0. The maximum atomic E-state index is 10.6. The molecule has 2 fully saturated rings. The smallest absolute Gasteiger partial charge is 0.490 e. The zero-order valence-corrected chi connectivity index (χ0v) is 21.4. The standard InChI is InChI=1S/C21H27N3O2.2C2HF3O2/c1-25-20-7-5-18(6-8-20)15-23-12-13-26-21(16-23)9-3-11-24(17-21)19-4-2-10-22-14-19;2*3-2(4,5)1(6)7/h2,4-8,10,14H,3,9,11-13,15-17H2,1H3;2*(H,6,7). The molecule has 3 heterocycles. The quantitative estimate of drug-likeness (QED) is 0.513. The Labute approximate surface area is 225 Å². The zero-order chi connectivity index (χ0) is 30.0. The van der Waals surface area contributed by atoms with E-state index in [1.807, 2.05) is 30.6 Å². The average molecular weight is 582 g/mol. The summed E-state index contributed by atoms with van der Waals surface area (Å²) >= 11 is 0. The summed E-state index contributed by atoms with van der Waals surface area (Å²) in [5.41, 5.74) is 2.45. The van der Waals surface area contributed by atoms with Crippen molar-refractivity contribution in [1.82, 2.24) is 9.88 Å². The number of hydrogen-bond acceptors (Lipinski definition) is 7. The van der Waals surface area contributed by atoms with Crippen molar-refractivity contribution in [3.05, 3.63) is 54.4 Å². The summed E-state index contributed by atoms with van der Waals surface area (Å²) in [6, 6.07) is 12.5. The number of aliphatic carboxylic acids is 2. The van der Waals surface area contributed by atoms with Gasteiger partial charge in [0.2, 0.25) is 0 Å². The Hall–Kier alpha value is -3.59. The van der Waals surface area contributed by atoms with Crippen molar-refractivity contribution >= 4 is 17.6 Å². The van der Waals surface area contributed by atoms with Gasteiger partial charge in [0.05, 0.1) is 31.2 Å². The summed E-state index contributed by atoms with van der Waals surface area (Å²) in [5, 5.41) is 14.2. The van der Waals surface area contributed by atoms with Gasteiger partial charge >= 0.3 is 24.3 Å². The van der Waals surface area contributed by atoms with Gasteiger partial charge in [-0.15, -0.1) is 0 Å². The average Bonchev–Trinajstić information content (AvgIpc) is 2.89. The monoisotopic (exact) mass is 581 g/mol. The van der Waals surface area contributed by atoms with Gasteiger partial charge in [-0.05, 0) is 42.7 Å². The Morgan fingerprint density at radius 1 is 1.00 bits per heavy atom. The fourth-order valence-corrected chi connectivity index (χ4v) is 4.15. The molecule has 1 unspecified atom stereocenters.